The zero-order valence-electron chi connectivity index (χ0n) is 11.5. The number of benzene rings is 2. The Balaban J connectivity index is 2.28. The van der Waals surface area contributed by atoms with E-state index in [0.29, 0.717) is 5.69 Å². The quantitative estimate of drug-likeness (QED) is 0.364. The van der Waals surface area contributed by atoms with Gasteiger partial charge in [-0.3, -0.25) is 0 Å². The van der Waals surface area contributed by atoms with Gasteiger partial charge in [-0.25, -0.2) is 0 Å². The number of para-hydroxylation sites is 1. The van der Waals surface area contributed by atoms with Gasteiger partial charge >= 0.3 is 0 Å². The monoisotopic (exact) mass is 254 g/mol. The standard InChI is InChI=1S/C16H18N2O/c1-13-6-4-5-7-16(13)18(19)12-14-8-10-15(11-9-14)17(2)3/h4-12H,1-3H3. The highest BCUT2D eigenvalue weighted by Crippen LogP contribution is 2.17. The lowest BCUT2D eigenvalue weighted by molar-refractivity contribution is -0.355. The summed E-state index contributed by atoms with van der Waals surface area (Å²) >= 11 is 0. The summed E-state index contributed by atoms with van der Waals surface area (Å²) in [6.45, 7) is 1.93. The zero-order chi connectivity index (χ0) is 13.8. The third kappa shape index (κ3) is 3.13. The molecule has 0 bridgehead atoms. The minimum atomic E-state index is 0.680. The molecule has 2 rings (SSSR count). The van der Waals surface area contributed by atoms with Crippen LogP contribution in [0.15, 0.2) is 48.5 Å². The molecule has 0 fully saturated rings. The number of nitrogens with zero attached hydrogens (tertiary/aromatic N) is 2. The van der Waals surface area contributed by atoms with Gasteiger partial charge in [-0.2, -0.15) is 4.74 Å². The van der Waals surface area contributed by atoms with E-state index >= 15 is 0 Å². The predicted molar refractivity (Wildman–Crippen MR) is 80.4 cm³/mol. The average molecular weight is 254 g/mol. The fourth-order valence-electron chi connectivity index (χ4n) is 1.87. The Hall–Kier alpha value is -2.29. The molecule has 3 heteroatoms. The molecule has 0 radical (unpaired) electrons. The molecule has 0 saturated heterocycles. The number of hydrogen-bond acceptors (Lipinski definition) is 2. The second-order valence-corrected chi connectivity index (χ2v) is 4.73. The Morgan fingerprint density at radius 2 is 1.63 bits per heavy atom. The normalized spacial score (nSPS) is 11.4. The summed E-state index contributed by atoms with van der Waals surface area (Å²) < 4.78 is 0.917. The van der Waals surface area contributed by atoms with E-state index in [1.165, 1.54) is 0 Å². The van der Waals surface area contributed by atoms with Crippen LogP contribution in [0.5, 0.6) is 0 Å². The van der Waals surface area contributed by atoms with Crippen LogP contribution in [0.25, 0.3) is 0 Å². The molecule has 2 aromatic carbocycles. The molecule has 0 aliphatic carbocycles. The lowest BCUT2D eigenvalue weighted by Gasteiger charge is -2.11. The number of rotatable bonds is 3. The highest BCUT2D eigenvalue weighted by molar-refractivity contribution is 5.77. The van der Waals surface area contributed by atoms with Gasteiger partial charge in [0.05, 0.1) is 0 Å². The van der Waals surface area contributed by atoms with Gasteiger partial charge in [-0.1, -0.05) is 18.2 Å². The maximum absolute atomic E-state index is 12.1. The summed E-state index contributed by atoms with van der Waals surface area (Å²) in [5, 5.41) is 12.1. The van der Waals surface area contributed by atoms with Crippen LogP contribution in [-0.4, -0.2) is 25.0 Å². The molecule has 0 aliphatic heterocycles. The van der Waals surface area contributed by atoms with Crippen LogP contribution >= 0.6 is 0 Å². The molecule has 0 saturated carbocycles. The highest BCUT2D eigenvalue weighted by atomic mass is 16.5. The van der Waals surface area contributed by atoms with E-state index in [1.807, 2.05) is 74.4 Å². The molecule has 0 aliphatic rings. The van der Waals surface area contributed by atoms with Crippen molar-refractivity contribution in [2.24, 2.45) is 0 Å². The van der Waals surface area contributed by atoms with Gasteiger partial charge in [0, 0.05) is 37.0 Å². The molecule has 0 heterocycles. The van der Waals surface area contributed by atoms with Crippen molar-refractivity contribution in [1.29, 1.82) is 0 Å². The lowest BCUT2D eigenvalue weighted by Crippen LogP contribution is -2.08. The SMILES string of the molecule is Cc1ccccc1[N+]([O-])=Cc1ccc(N(C)C)cc1. The van der Waals surface area contributed by atoms with Gasteiger partial charge in [0.15, 0.2) is 6.21 Å². The van der Waals surface area contributed by atoms with Crippen LogP contribution in [0.2, 0.25) is 0 Å². The Bertz CT molecular complexity index is 586. The minimum absolute atomic E-state index is 0.680. The summed E-state index contributed by atoms with van der Waals surface area (Å²) in [5.74, 6) is 0. The molecule has 0 amide bonds. The zero-order valence-corrected chi connectivity index (χ0v) is 11.5. The van der Waals surface area contributed by atoms with Gasteiger partial charge in [0.1, 0.15) is 0 Å². The first kappa shape index (κ1) is 13.1. The Morgan fingerprint density at radius 1 is 1.00 bits per heavy atom. The van der Waals surface area contributed by atoms with E-state index in [-0.39, 0.29) is 0 Å². The summed E-state index contributed by atoms with van der Waals surface area (Å²) in [6, 6.07) is 15.4. The number of anilines is 1. The molecule has 0 unspecified atom stereocenters. The van der Waals surface area contributed by atoms with Crippen molar-refractivity contribution in [3.63, 3.8) is 0 Å². The third-order valence-corrected chi connectivity index (χ3v) is 3.03. The Labute approximate surface area is 114 Å². The fraction of sp³-hybridized carbons (Fsp3) is 0.188. The van der Waals surface area contributed by atoms with E-state index in [4.69, 9.17) is 0 Å². The smallest absolute Gasteiger partial charge is 0.219 e. The van der Waals surface area contributed by atoms with E-state index in [1.54, 1.807) is 6.21 Å². The molecule has 2 aromatic rings. The van der Waals surface area contributed by atoms with Crippen LogP contribution in [0.4, 0.5) is 11.4 Å². The molecule has 3 nitrogen and oxygen atoms in total. The van der Waals surface area contributed by atoms with Gasteiger partial charge in [0.25, 0.3) is 0 Å². The first-order valence-corrected chi connectivity index (χ1v) is 6.22. The Morgan fingerprint density at radius 3 is 2.21 bits per heavy atom. The molecule has 0 atom stereocenters. The minimum Gasteiger partial charge on any atom is -0.618 e. The van der Waals surface area contributed by atoms with Crippen molar-refractivity contribution in [1.82, 2.24) is 0 Å². The van der Waals surface area contributed by atoms with E-state index < -0.39 is 0 Å². The van der Waals surface area contributed by atoms with Crippen molar-refractivity contribution < 1.29 is 4.74 Å². The molecule has 0 spiro atoms. The van der Waals surface area contributed by atoms with E-state index in [9.17, 15) is 5.21 Å². The number of aryl methyl sites for hydroxylation is 1. The Kier molecular flexibility index (Phi) is 3.85. The van der Waals surface area contributed by atoms with Gasteiger partial charge < -0.3 is 10.1 Å². The molecule has 0 N–H and O–H groups in total. The summed E-state index contributed by atoms with van der Waals surface area (Å²) in [5.41, 5.74) is 3.66. The van der Waals surface area contributed by atoms with Gasteiger partial charge in [-0.15, -0.1) is 0 Å². The van der Waals surface area contributed by atoms with Gasteiger partial charge in [-0.05, 0) is 31.2 Å². The van der Waals surface area contributed by atoms with Crippen LogP contribution in [0.1, 0.15) is 11.1 Å². The molecular formula is C16H18N2O. The van der Waals surface area contributed by atoms with Crippen molar-refractivity contribution in [3.05, 3.63) is 64.9 Å². The van der Waals surface area contributed by atoms with Crippen LogP contribution in [0, 0.1) is 12.1 Å². The number of hydrogen-bond donors (Lipinski definition) is 0. The van der Waals surface area contributed by atoms with E-state index in [0.717, 1.165) is 21.6 Å². The van der Waals surface area contributed by atoms with Gasteiger partial charge in [0.2, 0.25) is 5.69 Å². The van der Waals surface area contributed by atoms with Crippen molar-refractivity contribution >= 4 is 17.6 Å². The highest BCUT2D eigenvalue weighted by Gasteiger charge is 2.05. The molecule has 0 aromatic heterocycles. The third-order valence-electron chi connectivity index (χ3n) is 3.03. The average Bonchev–Trinajstić information content (AvgIpc) is 2.39. The first-order valence-electron chi connectivity index (χ1n) is 6.22. The summed E-state index contributed by atoms with van der Waals surface area (Å²) in [4.78, 5) is 2.03. The van der Waals surface area contributed by atoms with Crippen LogP contribution in [-0.2, 0) is 0 Å². The van der Waals surface area contributed by atoms with E-state index in [2.05, 4.69) is 0 Å². The first-order chi connectivity index (χ1) is 9.08. The largest absolute Gasteiger partial charge is 0.618 e. The lowest BCUT2D eigenvalue weighted by atomic mass is 10.2. The van der Waals surface area contributed by atoms with Crippen LogP contribution in [0.3, 0.4) is 0 Å². The summed E-state index contributed by atoms with van der Waals surface area (Å²) in [7, 11) is 3.98. The second-order valence-electron chi connectivity index (χ2n) is 4.73. The predicted octanol–water partition coefficient (Wildman–Crippen LogP) is 3.32. The second kappa shape index (κ2) is 5.57. The summed E-state index contributed by atoms with van der Waals surface area (Å²) in [6.07, 6.45) is 1.60. The molecule has 98 valence electrons. The van der Waals surface area contributed by atoms with Crippen molar-refractivity contribution in [3.8, 4) is 0 Å². The van der Waals surface area contributed by atoms with Crippen molar-refractivity contribution in [2.45, 2.75) is 6.92 Å². The maximum Gasteiger partial charge on any atom is 0.219 e. The maximum atomic E-state index is 12.1. The fourth-order valence-corrected chi connectivity index (χ4v) is 1.87. The van der Waals surface area contributed by atoms with Crippen molar-refractivity contribution in [2.75, 3.05) is 19.0 Å². The topological polar surface area (TPSA) is 29.3 Å². The molecule has 19 heavy (non-hydrogen) atoms. The molecular weight excluding hydrogens is 236 g/mol. The van der Waals surface area contributed by atoms with Crippen LogP contribution < -0.4 is 4.90 Å².